The van der Waals surface area contributed by atoms with E-state index in [1.165, 1.54) is 11.0 Å². The summed E-state index contributed by atoms with van der Waals surface area (Å²) in [7, 11) is 1.13. The first kappa shape index (κ1) is 27.9. The number of benzene rings is 1. The van der Waals surface area contributed by atoms with Crippen molar-refractivity contribution in [1.82, 2.24) is 14.9 Å². The van der Waals surface area contributed by atoms with Crippen molar-refractivity contribution in [2.45, 2.75) is 43.6 Å². The molecule has 12 nitrogen and oxygen atoms in total. The van der Waals surface area contributed by atoms with Crippen LogP contribution in [0.2, 0.25) is 5.28 Å². The van der Waals surface area contributed by atoms with Crippen LogP contribution in [-0.4, -0.2) is 69.7 Å². The summed E-state index contributed by atoms with van der Waals surface area (Å²) in [5, 5.41) is 30.7. The van der Waals surface area contributed by atoms with E-state index in [-0.39, 0.29) is 73.2 Å². The van der Waals surface area contributed by atoms with Crippen LogP contribution in [-0.2, 0) is 27.8 Å². The summed E-state index contributed by atoms with van der Waals surface area (Å²) in [6, 6.07) is 3.29. The van der Waals surface area contributed by atoms with Crippen molar-refractivity contribution in [2.75, 3.05) is 31.6 Å². The number of nitriles is 1. The first-order chi connectivity index (χ1) is 18.5. The number of piperazine rings is 1. The number of hydrogen-bond acceptors (Lipinski definition) is 9. The highest BCUT2D eigenvalue weighted by Gasteiger charge is 2.48. The van der Waals surface area contributed by atoms with E-state index in [4.69, 9.17) is 16.3 Å². The summed E-state index contributed by atoms with van der Waals surface area (Å²) in [5.74, 6) is -3.19. The number of esters is 1. The van der Waals surface area contributed by atoms with Crippen LogP contribution in [0.5, 0.6) is 0 Å². The maximum Gasteiger partial charge on any atom is 0.407 e. The summed E-state index contributed by atoms with van der Waals surface area (Å²) >= 11 is 6.19. The smallest absolute Gasteiger partial charge is 0.407 e. The lowest BCUT2D eigenvalue weighted by Gasteiger charge is -2.39. The number of amides is 1. The summed E-state index contributed by atoms with van der Waals surface area (Å²) in [5.41, 5.74) is -2.29. The van der Waals surface area contributed by atoms with Crippen LogP contribution in [0.15, 0.2) is 12.1 Å². The molecule has 0 radical (unpaired) electrons. The minimum Gasteiger partial charge on any atom is -0.468 e. The van der Waals surface area contributed by atoms with Gasteiger partial charge in [0.1, 0.15) is 5.69 Å². The second-order valence-electron chi connectivity index (χ2n) is 9.30. The second kappa shape index (κ2) is 10.9. The van der Waals surface area contributed by atoms with Gasteiger partial charge in [-0.2, -0.15) is 10.2 Å². The van der Waals surface area contributed by atoms with Crippen LogP contribution in [0.4, 0.5) is 25.1 Å². The van der Waals surface area contributed by atoms with E-state index in [1.54, 1.807) is 0 Å². The van der Waals surface area contributed by atoms with Crippen molar-refractivity contribution in [3.05, 3.63) is 56.0 Å². The Kier molecular flexibility index (Phi) is 7.82. The van der Waals surface area contributed by atoms with Crippen molar-refractivity contribution in [3.8, 4) is 6.07 Å². The van der Waals surface area contributed by atoms with Gasteiger partial charge in [0.25, 0.3) is 0 Å². The Hall–Kier alpha value is -4.12. The van der Waals surface area contributed by atoms with Gasteiger partial charge in [0.05, 0.1) is 36.0 Å². The number of carbonyl (C=O) groups excluding carboxylic acids is 1. The largest absolute Gasteiger partial charge is 0.468 e. The third-order valence-corrected chi connectivity index (χ3v) is 7.40. The molecule has 1 aliphatic carbocycles. The van der Waals surface area contributed by atoms with Crippen molar-refractivity contribution >= 4 is 35.2 Å². The van der Waals surface area contributed by atoms with Gasteiger partial charge in [-0.05, 0) is 48.1 Å². The molecule has 2 atom stereocenters. The third kappa shape index (κ3) is 5.01. The standard InChI is InChI=1S/C24H23ClF2N6O6/c1-39-21(34)24(7-2-3-14-15(24)4-5-16(26)18(14)27)11-17-19(33(37)38)20(30-22(25)29-17)31-9-10-32(23(35)36)13(12-31)6-8-28/h4-5,13H,2-3,6-7,9-12H2,1H3,(H,35,36)/t13-,24?/m0/s1. The van der Waals surface area contributed by atoms with Crippen LogP contribution in [0.3, 0.4) is 0 Å². The molecule has 39 heavy (non-hydrogen) atoms. The number of carbonyl (C=O) groups is 2. The average molecular weight is 565 g/mol. The van der Waals surface area contributed by atoms with E-state index >= 15 is 0 Å². The maximum absolute atomic E-state index is 14.7. The third-order valence-electron chi connectivity index (χ3n) is 7.24. The molecule has 2 heterocycles. The number of nitro groups is 1. The van der Waals surface area contributed by atoms with Gasteiger partial charge in [-0.15, -0.1) is 0 Å². The minimum absolute atomic E-state index is 0.0112. The number of ether oxygens (including phenoxy) is 1. The van der Waals surface area contributed by atoms with Gasteiger partial charge in [-0.3, -0.25) is 14.9 Å². The molecule has 1 N–H and O–H groups in total. The van der Waals surface area contributed by atoms with E-state index in [0.29, 0.717) is 0 Å². The van der Waals surface area contributed by atoms with Gasteiger partial charge in [-0.1, -0.05) is 6.07 Å². The molecule has 2 aromatic rings. The maximum atomic E-state index is 14.7. The fourth-order valence-electron chi connectivity index (χ4n) is 5.51. The first-order valence-corrected chi connectivity index (χ1v) is 12.3. The van der Waals surface area contributed by atoms with Gasteiger partial charge in [0, 0.05) is 26.1 Å². The number of fused-ring (bicyclic) bond motifs is 1. The van der Waals surface area contributed by atoms with E-state index in [9.17, 15) is 38.9 Å². The molecule has 1 fully saturated rings. The second-order valence-corrected chi connectivity index (χ2v) is 9.64. The number of rotatable bonds is 6. The van der Waals surface area contributed by atoms with E-state index in [2.05, 4.69) is 9.97 Å². The van der Waals surface area contributed by atoms with Crippen molar-refractivity contribution in [1.29, 1.82) is 5.26 Å². The van der Waals surface area contributed by atoms with Gasteiger partial charge < -0.3 is 19.6 Å². The lowest BCUT2D eigenvalue weighted by atomic mass is 9.67. The summed E-state index contributed by atoms with van der Waals surface area (Å²) in [6.45, 7) is -0.125. The number of hydrogen-bond donors (Lipinski definition) is 1. The molecule has 2 aliphatic rings. The number of nitrogens with zero attached hydrogens (tertiary/aromatic N) is 6. The van der Waals surface area contributed by atoms with E-state index in [0.717, 1.165) is 18.1 Å². The Morgan fingerprint density at radius 2 is 2.10 bits per heavy atom. The average Bonchev–Trinajstić information content (AvgIpc) is 2.89. The molecular weight excluding hydrogens is 542 g/mol. The minimum atomic E-state index is -1.62. The summed E-state index contributed by atoms with van der Waals surface area (Å²) < 4.78 is 33.8. The Morgan fingerprint density at radius 1 is 1.36 bits per heavy atom. The molecule has 0 spiro atoms. The molecule has 1 unspecified atom stereocenters. The van der Waals surface area contributed by atoms with Crippen LogP contribution in [0, 0.1) is 33.1 Å². The molecule has 0 saturated carbocycles. The van der Waals surface area contributed by atoms with Gasteiger partial charge in [0.2, 0.25) is 11.1 Å². The van der Waals surface area contributed by atoms with Gasteiger partial charge >= 0.3 is 17.7 Å². The van der Waals surface area contributed by atoms with Crippen molar-refractivity contribution in [3.63, 3.8) is 0 Å². The highest BCUT2D eigenvalue weighted by Crippen LogP contribution is 2.44. The summed E-state index contributed by atoms with van der Waals surface area (Å²) in [6.07, 6.45) is -1.26. The number of halogens is 3. The zero-order valence-corrected chi connectivity index (χ0v) is 21.5. The number of carboxylic acid groups (broad SMARTS) is 1. The molecule has 206 valence electrons. The molecule has 15 heteroatoms. The van der Waals surface area contributed by atoms with E-state index < -0.39 is 52.2 Å². The Bertz CT molecular complexity index is 1390. The molecule has 1 saturated heterocycles. The van der Waals surface area contributed by atoms with Gasteiger partial charge in [-0.25, -0.2) is 18.6 Å². The lowest BCUT2D eigenvalue weighted by molar-refractivity contribution is -0.385. The topological polar surface area (TPSA) is 163 Å². The highest BCUT2D eigenvalue weighted by atomic mass is 35.5. The fourth-order valence-corrected chi connectivity index (χ4v) is 5.69. The predicted molar refractivity (Wildman–Crippen MR) is 131 cm³/mol. The molecule has 1 aromatic carbocycles. The van der Waals surface area contributed by atoms with Crippen LogP contribution < -0.4 is 4.90 Å². The Balaban J connectivity index is 1.84. The predicted octanol–water partition coefficient (Wildman–Crippen LogP) is 3.39. The van der Waals surface area contributed by atoms with E-state index in [1.807, 2.05) is 6.07 Å². The number of aromatic nitrogens is 2. The Labute approximate surface area is 225 Å². The van der Waals surface area contributed by atoms with Crippen LogP contribution in [0.25, 0.3) is 0 Å². The zero-order chi connectivity index (χ0) is 28.5. The highest BCUT2D eigenvalue weighted by molar-refractivity contribution is 6.28. The molecule has 1 aromatic heterocycles. The molecule has 1 amide bonds. The van der Waals surface area contributed by atoms with Crippen LogP contribution >= 0.6 is 11.6 Å². The number of anilines is 1. The van der Waals surface area contributed by atoms with Crippen molar-refractivity contribution < 1.29 is 33.1 Å². The SMILES string of the molecule is COC(=O)C1(Cc2nc(Cl)nc(N3CCN(C(=O)O)[C@@H](CC#N)C3)c2[N+](=O)[O-])CCCc2c1ccc(F)c2F. The van der Waals surface area contributed by atoms with Crippen molar-refractivity contribution in [2.24, 2.45) is 0 Å². The summed E-state index contributed by atoms with van der Waals surface area (Å²) in [4.78, 5) is 47.1. The first-order valence-electron chi connectivity index (χ1n) is 11.9. The molecule has 0 bridgehead atoms. The molecule has 1 aliphatic heterocycles. The lowest BCUT2D eigenvalue weighted by Crippen LogP contribution is -2.55. The normalized spacial score (nSPS) is 20.6. The zero-order valence-electron chi connectivity index (χ0n) is 20.7. The quantitative estimate of drug-likeness (QED) is 0.238. The Morgan fingerprint density at radius 3 is 2.74 bits per heavy atom. The van der Waals surface area contributed by atoms with Gasteiger partial charge in [0.15, 0.2) is 11.6 Å². The fraction of sp³-hybridized carbons (Fsp3) is 0.458. The van der Waals surface area contributed by atoms with Crippen LogP contribution in [0.1, 0.15) is 36.1 Å². The molecular formula is C24H23ClF2N6O6. The molecule has 4 rings (SSSR count). The number of methoxy groups -OCH3 is 1. The monoisotopic (exact) mass is 564 g/mol.